The van der Waals surface area contributed by atoms with Crippen molar-refractivity contribution in [1.29, 1.82) is 0 Å². The van der Waals surface area contributed by atoms with Crippen LogP contribution in [-0.4, -0.2) is 77.0 Å². The van der Waals surface area contributed by atoms with Gasteiger partial charge in [-0.2, -0.15) is 4.31 Å². The topological polar surface area (TPSA) is 113 Å². The number of hydrogen-bond acceptors (Lipinski definition) is 7. The van der Waals surface area contributed by atoms with Crippen molar-refractivity contribution >= 4 is 21.6 Å². The van der Waals surface area contributed by atoms with Crippen LogP contribution in [0.2, 0.25) is 0 Å². The van der Waals surface area contributed by atoms with Gasteiger partial charge in [-0.1, -0.05) is 0 Å². The highest BCUT2D eigenvalue weighted by molar-refractivity contribution is 7.89. The molecule has 1 aliphatic rings. The van der Waals surface area contributed by atoms with Gasteiger partial charge in [0.2, 0.25) is 10.0 Å². The first-order chi connectivity index (χ1) is 14.8. The van der Waals surface area contributed by atoms with Crippen LogP contribution in [0.25, 0.3) is 5.69 Å². The first kappa shape index (κ1) is 21.1. The van der Waals surface area contributed by atoms with Gasteiger partial charge in [0.15, 0.2) is 0 Å². The number of piperazine rings is 1. The number of nitrogens with one attached hydrogen (secondary N) is 1. The Morgan fingerprint density at radius 1 is 1.03 bits per heavy atom. The van der Waals surface area contributed by atoms with E-state index in [1.165, 1.54) is 27.4 Å². The lowest BCUT2D eigenvalue weighted by Gasteiger charge is -2.31. The Morgan fingerprint density at radius 2 is 1.74 bits per heavy atom. The number of anilines is 1. The largest absolute Gasteiger partial charge is 0.322 e. The number of amides is 1. The van der Waals surface area contributed by atoms with Crippen LogP contribution in [0.5, 0.6) is 0 Å². The van der Waals surface area contributed by atoms with E-state index in [9.17, 15) is 13.2 Å². The lowest BCUT2D eigenvalue weighted by molar-refractivity contribution is 0.102. The molecule has 0 radical (unpaired) electrons. The fourth-order valence-corrected chi connectivity index (χ4v) is 4.84. The van der Waals surface area contributed by atoms with Crippen molar-refractivity contribution in [3.8, 4) is 5.69 Å². The van der Waals surface area contributed by atoms with Crippen molar-refractivity contribution in [2.45, 2.75) is 11.8 Å². The van der Waals surface area contributed by atoms with Gasteiger partial charge in [0.05, 0.1) is 10.6 Å². The van der Waals surface area contributed by atoms with Crippen LogP contribution < -0.4 is 5.32 Å². The SMILES string of the molecule is Cc1cc(C(=O)Nc2ccc(S(=O)(=O)N3CCN(C)CC3)cc2)ccc1-n1cnnn1. The Balaban J connectivity index is 1.45. The summed E-state index contributed by atoms with van der Waals surface area (Å²) in [5.41, 5.74) is 2.61. The third kappa shape index (κ3) is 4.48. The molecule has 0 unspecified atom stereocenters. The molecule has 10 nitrogen and oxygen atoms in total. The zero-order valence-corrected chi connectivity index (χ0v) is 18.1. The van der Waals surface area contributed by atoms with Crippen LogP contribution in [0.15, 0.2) is 53.7 Å². The van der Waals surface area contributed by atoms with Crippen molar-refractivity contribution in [3.05, 3.63) is 59.9 Å². The maximum absolute atomic E-state index is 12.8. The van der Waals surface area contributed by atoms with Crippen LogP contribution in [0.3, 0.4) is 0 Å². The minimum Gasteiger partial charge on any atom is -0.322 e. The minimum absolute atomic E-state index is 0.219. The molecule has 2 aromatic carbocycles. The summed E-state index contributed by atoms with van der Waals surface area (Å²) in [4.78, 5) is 15.0. The lowest BCUT2D eigenvalue weighted by atomic mass is 10.1. The summed E-state index contributed by atoms with van der Waals surface area (Å²) < 4.78 is 28.7. The molecular formula is C20H23N7O3S. The summed E-state index contributed by atoms with van der Waals surface area (Å²) in [5, 5.41) is 13.9. The predicted molar refractivity (Wildman–Crippen MR) is 115 cm³/mol. The molecular weight excluding hydrogens is 418 g/mol. The Morgan fingerprint density at radius 3 is 2.35 bits per heavy atom. The number of sulfonamides is 1. The number of tetrazole rings is 1. The molecule has 3 aromatic rings. The predicted octanol–water partition coefficient (Wildman–Crippen LogP) is 1.16. The van der Waals surface area contributed by atoms with Gasteiger partial charge < -0.3 is 10.2 Å². The third-order valence-corrected chi connectivity index (χ3v) is 7.18. The van der Waals surface area contributed by atoms with Crippen molar-refractivity contribution < 1.29 is 13.2 Å². The van der Waals surface area contributed by atoms with Crippen LogP contribution >= 0.6 is 0 Å². The molecule has 1 N–H and O–H groups in total. The molecule has 0 aliphatic carbocycles. The average molecular weight is 442 g/mol. The highest BCUT2D eigenvalue weighted by atomic mass is 32.2. The Kier molecular flexibility index (Phi) is 5.81. The second-order valence-electron chi connectivity index (χ2n) is 7.44. The highest BCUT2D eigenvalue weighted by Crippen LogP contribution is 2.21. The quantitative estimate of drug-likeness (QED) is 0.632. The van der Waals surface area contributed by atoms with Gasteiger partial charge >= 0.3 is 0 Å². The van der Waals surface area contributed by atoms with Crippen LogP contribution in [-0.2, 0) is 10.0 Å². The van der Waals surface area contributed by atoms with Crippen molar-refractivity contribution in [2.24, 2.45) is 0 Å². The third-order valence-electron chi connectivity index (χ3n) is 5.27. The fraction of sp³-hybridized carbons (Fsp3) is 0.300. The van der Waals surface area contributed by atoms with E-state index in [0.717, 1.165) is 11.3 Å². The first-order valence-corrected chi connectivity index (χ1v) is 11.2. The molecule has 0 spiro atoms. The number of aryl methyl sites for hydroxylation is 1. The van der Waals surface area contributed by atoms with E-state index in [0.29, 0.717) is 37.4 Å². The maximum atomic E-state index is 12.8. The zero-order chi connectivity index (χ0) is 22.0. The van der Waals surface area contributed by atoms with E-state index in [2.05, 4.69) is 25.7 Å². The molecule has 2 heterocycles. The molecule has 1 aliphatic heterocycles. The van der Waals surface area contributed by atoms with E-state index < -0.39 is 10.0 Å². The molecule has 1 amide bonds. The molecule has 11 heteroatoms. The Labute approximate surface area is 180 Å². The number of benzene rings is 2. The standard InChI is InChI=1S/C20H23N7O3S/c1-15-13-16(3-8-19(15)27-14-21-23-24-27)20(28)22-17-4-6-18(7-5-17)31(29,30)26-11-9-25(2)10-12-26/h3-8,13-14H,9-12H2,1-2H3,(H,22,28). The Hall–Kier alpha value is -3.15. The molecule has 0 bridgehead atoms. The summed E-state index contributed by atoms with van der Waals surface area (Å²) in [7, 11) is -1.56. The summed E-state index contributed by atoms with van der Waals surface area (Å²) in [6, 6.07) is 11.5. The number of carbonyl (C=O) groups is 1. The van der Waals surface area contributed by atoms with Crippen molar-refractivity contribution in [3.63, 3.8) is 0 Å². The van der Waals surface area contributed by atoms with Crippen LogP contribution in [0, 0.1) is 6.92 Å². The molecule has 4 rings (SSSR count). The Bertz CT molecular complexity index is 1170. The van der Waals surface area contributed by atoms with Crippen LogP contribution in [0.4, 0.5) is 5.69 Å². The van der Waals surface area contributed by atoms with Gasteiger partial charge in [-0.25, -0.2) is 13.1 Å². The molecule has 1 aromatic heterocycles. The van der Waals surface area contributed by atoms with E-state index in [4.69, 9.17) is 0 Å². The van der Waals surface area contributed by atoms with Gasteiger partial charge in [-0.05, 0) is 72.4 Å². The molecule has 31 heavy (non-hydrogen) atoms. The van der Waals surface area contributed by atoms with Gasteiger partial charge in [-0.15, -0.1) is 5.10 Å². The van der Waals surface area contributed by atoms with E-state index in [1.807, 2.05) is 14.0 Å². The second kappa shape index (κ2) is 8.53. The van der Waals surface area contributed by atoms with Crippen molar-refractivity contribution in [2.75, 3.05) is 38.5 Å². The molecule has 1 saturated heterocycles. The van der Waals surface area contributed by atoms with Crippen molar-refractivity contribution in [1.82, 2.24) is 29.4 Å². The average Bonchev–Trinajstić information content (AvgIpc) is 3.29. The fourth-order valence-electron chi connectivity index (χ4n) is 3.42. The first-order valence-electron chi connectivity index (χ1n) is 9.79. The molecule has 0 atom stereocenters. The number of nitrogens with zero attached hydrogens (tertiary/aromatic N) is 6. The monoisotopic (exact) mass is 441 g/mol. The highest BCUT2D eigenvalue weighted by Gasteiger charge is 2.27. The lowest BCUT2D eigenvalue weighted by Crippen LogP contribution is -2.46. The van der Waals surface area contributed by atoms with E-state index in [1.54, 1.807) is 30.3 Å². The normalized spacial score (nSPS) is 15.7. The number of hydrogen-bond donors (Lipinski definition) is 1. The van der Waals surface area contributed by atoms with Crippen LogP contribution in [0.1, 0.15) is 15.9 Å². The summed E-state index contributed by atoms with van der Waals surface area (Å²) in [5.74, 6) is -0.291. The summed E-state index contributed by atoms with van der Waals surface area (Å²) >= 11 is 0. The molecule has 1 fully saturated rings. The minimum atomic E-state index is -3.54. The second-order valence-corrected chi connectivity index (χ2v) is 9.38. The summed E-state index contributed by atoms with van der Waals surface area (Å²) in [6.45, 7) is 4.22. The summed E-state index contributed by atoms with van der Waals surface area (Å²) in [6.07, 6.45) is 1.49. The van der Waals surface area contributed by atoms with Gasteiger partial charge in [0.25, 0.3) is 5.91 Å². The number of rotatable bonds is 5. The zero-order valence-electron chi connectivity index (χ0n) is 17.3. The molecule has 0 saturated carbocycles. The molecule has 162 valence electrons. The van der Waals surface area contributed by atoms with Gasteiger partial charge in [-0.3, -0.25) is 4.79 Å². The number of aromatic nitrogens is 4. The van der Waals surface area contributed by atoms with E-state index >= 15 is 0 Å². The maximum Gasteiger partial charge on any atom is 0.255 e. The number of carbonyl (C=O) groups excluding carboxylic acids is 1. The smallest absolute Gasteiger partial charge is 0.255 e. The van der Waals surface area contributed by atoms with Gasteiger partial charge in [0.1, 0.15) is 6.33 Å². The number of likely N-dealkylation sites (N-methyl/N-ethyl adjacent to an activating group) is 1. The van der Waals surface area contributed by atoms with Gasteiger partial charge in [0, 0.05) is 37.4 Å². The van der Waals surface area contributed by atoms with E-state index in [-0.39, 0.29) is 10.8 Å².